The van der Waals surface area contributed by atoms with Crippen LogP contribution in [0.5, 0.6) is 0 Å². The van der Waals surface area contributed by atoms with Crippen LogP contribution < -0.4 is 5.32 Å². The number of hydrogen-bond acceptors (Lipinski definition) is 3. The second-order valence-corrected chi connectivity index (χ2v) is 4.00. The Morgan fingerprint density at radius 2 is 1.94 bits per heavy atom. The summed E-state index contributed by atoms with van der Waals surface area (Å²) in [6, 6.07) is 6.63. The lowest BCUT2D eigenvalue weighted by atomic mass is 10.1. The predicted molar refractivity (Wildman–Crippen MR) is 63.4 cm³/mol. The predicted octanol–water partition coefficient (Wildman–Crippen LogP) is 1.39. The summed E-state index contributed by atoms with van der Waals surface area (Å²) in [6.07, 6.45) is 0. The summed E-state index contributed by atoms with van der Waals surface area (Å²) in [5, 5.41) is 2.47. The third-order valence-electron chi connectivity index (χ3n) is 1.90. The Morgan fingerprint density at radius 1 is 1.31 bits per heavy atom. The van der Waals surface area contributed by atoms with E-state index >= 15 is 0 Å². The van der Waals surface area contributed by atoms with Gasteiger partial charge in [0.25, 0.3) is 5.91 Å². The fourth-order valence-electron chi connectivity index (χ4n) is 1.08. The van der Waals surface area contributed by atoms with Crippen molar-refractivity contribution in [1.29, 1.82) is 0 Å². The summed E-state index contributed by atoms with van der Waals surface area (Å²) >= 11 is 3.25. The molecule has 0 unspecified atom stereocenters. The summed E-state index contributed by atoms with van der Waals surface area (Å²) in [7, 11) is 1.53. The zero-order valence-electron chi connectivity index (χ0n) is 8.83. The number of halogens is 1. The average molecular weight is 286 g/mol. The lowest BCUT2D eigenvalue weighted by molar-refractivity contribution is -0.117. The zero-order valence-corrected chi connectivity index (χ0v) is 10.4. The van der Waals surface area contributed by atoms with E-state index in [4.69, 9.17) is 4.74 Å². The first-order valence-electron chi connectivity index (χ1n) is 4.72. The van der Waals surface area contributed by atoms with Gasteiger partial charge in [-0.05, 0) is 24.3 Å². The Labute approximate surface area is 102 Å². The molecule has 0 saturated carbocycles. The van der Waals surface area contributed by atoms with Crippen LogP contribution in [0.25, 0.3) is 0 Å². The van der Waals surface area contributed by atoms with Gasteiger partial charge >= 0.3 is 0 Å². The minimum Gasteiger partial charge on any atom is -0.383 e. The smallest absolute Gasteiger partial charge is 0.292 e. The molecule has 4 nitrogen and oxygen atoms in total. The van der Waals surface area contributed by atoms with Gasteiger partial charge in [0.2, 0.25) is 5.78 Å². The van der Waals surface area contributed by atoms with E-state index in [2.05, 4.69) is 21.2 Å². The maximum Gasteiger partial charge on any atom is 0.292 e. The number of methoxy groups -OCH3 is 1. The van der Waals surface area contributed by atoms with Crippen molar-refractivity contribution in [3.63, 3.8) is 0 Å². The average Bonchev–Trinajstić information content (AvgIpc) is 2.29. The minimum atomic E-state index is -0.612. The highest BCUT2D eigenvalue weighted by molar-refractivity contribution is 9.10. The quantitative estimate of drug-likeness (QED) is 0.505. The molecule has 0 aliphatic carbocycles. The van der Waals surface area contributed by atoms with Crippen LogP contribution in [0.2, 0.25) is 0 Å². The lowest BCUT2D eigenvalue weighted by Crippen LogP contribution is -2.33. The molecule has 0 saturated heterocycles. The van der Waals surface area contributed by atoms with E-state index in [0.29, 0.717) is 18.7 Å². The second-order valence-electron chi connectivity index (χ2n) is 3.08. The maximum absolute atomic E-state index is 11.6. The molecule has 0 spiro atoms. The van der Waals surface area contributed by atoms with Crippen LogP contribution >= 0.6 is 15.9 Å². The number of Topliss-reactive ketones (excluding diaryl/α,β-unsaturated/α-hetero) is 1. The van der Waals surface area contributed by atoms with Gasteiger partial charge < -0.3 is 10.1 Å². The SMILES string of the molecule is COCCNC(=O)C(=O)c1ccc(Br)cc1. The van der Waals surface area contributed by atoms with Crippen LogP contribution in [0.3, 0.4) is 0 Å². The van der Waals surface area contributed by atoms with Crippen LogP contribution in [-0.2, 0) is 9.53 Å². The van der Waals surface area contributed by atoms with Crippen molar-refractivity contribution in [2.45, 2.75) is 0 Å². The summed E-state index contributed by atoms with van der Waals surface area (Å²) in [5.41, 5.74) is 0.373. The molecule has 0 heterocycles. The molecule has 0 aliphatic heterocycles. The molecule has 0 aromatic heterocycles. The van der Waals surface area contributed by atoms with Crippen LogP contribution in [0, 0.1) is 0 Å². The van der Waals surface area contributed by atoms with Crippen LogP contribution in [0.4, 0.5) is 0 Å². The lowest BCUT2D eigenvalue weighted by Gasteiger charge is -2.03. The van der Waals surface area contributed by atoms with Gasteiger partial charge in [-0.15, -0.1) is 0 Å². The highest BCUT2D eigenvalue weighted by Crippen LogP contribution is 2.10. The second kappa shape index (κ2) is 6.40. The number of nitrogens with one attached hydrogen (secondary N) is 1. The van der Waals surface area contributed by atoms with E-state index in [9.17, 15) is 9.59 Å². The number of ketones is 1. The number of rotatable bonds is 5. The normalized spacial score (nSPS) is 9.88. The van der Waals surface area contributed by atoms with Gasteiger partial charge in [0, 0.05) is 23.7 Å². The first-order chi connectivity index (χ1) is 7.65. The highest BCUT2D eigenvalue weighted by Gasteiger charge is 2.14. The third kappa shape index (κ3) is 3.75. The maximum atomic E-state index is 11.6. The number of hydrogen-bond donors (Lipinski definition) is 1. The van der Waals surface area contributed by atoms with Gasteiger partial charge in [-0.2, -0.15) is 0 Å². The summed E-state index contributed by atoms with van der Waals surface area (Å²) in [6.45, 7) is 0.719. The van der Waals surface area contributed by atoms with Crippen LogP contribution in [-0.4, -0.2) is 32.0 Å². The fourth-order valence-corrected chi connectivity index (χ4v) is 1.34. The van der Waals surface area contributed by atoms with E-state index in [1.54, 1.807) is 24.3 Å². The van der Waals surface area contributed by atoms with Crippen molar-refractivity contribution in [2.75, 3.05) is 20.3 Å². The Balaban J connectivity index is 2.57. The largest absolute Gasteiger partial charge is 0.383 e. The molecule has 86 valence electrons. The van der Waals surface area contributed by atoms with Crippen molar-refractivity contribution in [1.82, 2.24) is 5.32 Å². The summed E-state index contributed by atoms with van der Waals surface area (Å²) in [4.78, 5) is 23.0. The molecule has 1 aromatic carbocycles. The van der Waals surface area contributed by atoms with E-state index < -0.39 is 11.7 Å². The molecule has 1 rings (SSSR count). The Hall–Kier alpha value is -1.20. The highest BCUT2D eigenvalue weighted by atomic mass is 79.9. The van der Waals surface area contributed by atoms with Gasteiger partial charge in [-0.25, -0.2) is 0 Å². The molecule has 1 amide bonds. The first kappa shape index (κ1) is 12.9. The van der Waals surface area contributed by atoms with E-state index in [1.807, 2.05) is 0 Å². The Kier molecular flexibility index (Phi) is 5.14. The van der Waals surface area contributed by atoms with E-state index in [-0.39, 0.29) is 0 Å². The number of amides is 1. The van der Waals surface area contributed by atoms with Crippen molar-refractivity contribution in [3.05, 3.63) is 34.3 Å². The van der Waals surface area contributed by atoms with Crippen molar-refractivity contribution in [2.24, 2.45) is 0 Å². The topological polar surface area (TPSA) is 55.4 Å². The Morgan fingerprint density at radius 3 is 2.50 bits per heavy atom. The van der Waals surface area contributed by atoms with E-state index in [0.717, 1.165) is 4.47 Å². The van der Waals surface area contributed by atoms with Gasteiger partial charge in [-0.3, -0.25) is 9.59 Å². The van der Waals surface area contributed by atoms with Crippen LogP contribution in [0.15, 0.2) is 28.7 Å². The third-order valence-corrected chi connectivity index (χ3v) is 2.43. The standard InChI is InChI=1S/C11H12BrNO3/c1-16-7-6-13-11(15)10(14)8-2-4-9(12)5-3-8/h2-5H,6-7H2,1H3,(H,13,15). The number of benzene rings is 1. The zero-order chi connectivity index (χ0) is 12.0. The minimum absolute atomic E-state index is 0.331. The molecule has 1 N–H and O–H groups in total. The molecule has 0 radical (unpaired) electrons. The molecule has 0 atom stereocenters. The molecule has 1 aromatic rings. The van der Waals surface area contributed by atoms with E-state index in [1.165, 1.54) is 7.11 Å². The molecule has 5 heteroatoms. The van der Waals surface area contributed by atoms with Gasteiger partial charge in [0.05, 0.1) is 6.61 Å². The molecule has 0 fully saturated rings. The molecule has 0 aliphatic rings. The number of ether oxygens (including phenoxy) is 1. The summed E-state index contributed by atoms with van der Waals surface area (Å²) < 4.78 is 5.63. The van der Waals surface area contributed by atoms with Crippen molar-refractivity contribution < 1.29 is 14.3 Å². The molecule has 0 bridgehead atoms. The van der Waals surface area contributed by atoms with Crippen LogP contribution in [0.1, 0.15) is 10.4 Å². The molecular formula is C11H12BrNO3. The molecular weight excluding hydrogens is 274 g/mol. The molecule has 16 heavy (non-hydrogen) atoms. The summed E-state index contributed by atoms with van der Waals surface area (Å²) in [5.74, 6) is -1.15. The van der Waals surface area contributed by atoms with Crippen molar-refractivity contribution in [3.8, 4) is 0 Å². The van der Waals surface area contributed by atoms with Gasteiger partial charge in [0.15, 0.2) is 0 Å². The first-order valence-corrected chi connectivity index (χ1v) is 5.51. The monoisotopic (exact) mass is 285 g/mol. The fraction of sp³-hybridized carbons (Fsp3) is 0.273. The van der Waals surface area contributed by atoms with Gasteiger partial charge in [-0.1, -0.05) is 15.9 Å². The van der Waals surface area contributed by atoms with Crippen molar-refractivity contribution >= 4 is 27.6 Å². The number of carbonyl (C=O) groups excluding carboxylic acids is 2. The van der Waals surface area contributed by atoms with Gasteiger partial charge in [0.1, 0.15) is 0 Å². The number of carbonyl (C=O) groups is 2. The Bertz CT molecular complexity index is 375.